The number of nitrogens with one attached hydrogen (secondary N) is 1. The van der Waals surface area contributed by atoms with Gasteiger partial charge >= 0.3 is 0 Å². The Labute approximate surface area is 163 Å². The van der Waals surface area contributed by atoms with Crippen LogP contribution in [-0.4, -0.2) is 64.8 Å². The standard InChI is InChI=1S/C17H32N6.HI/c1-7-22(8-2)15-9-10-23(12-15)17(18-5)19-11-16-13(3)20-21(6)14(16)4;/h15H,7-12H2,1-6H3,(H,18,19);1H. The highest BCUT2D eigenvalue weighted by Crippen LogP contribution is 2.16. The fourth-order valence-electron chi connectivity index (χ4n) is 3.55. The minimum Gasteiger partial charge on any atom is -0.352 e. The van der Waals surface area contributed by atoms with Crippen molar-refractivity contribution in [2.24, 2.45) is 12.0 Å². The number of guanidine groups is 1. The molecule has 1 aliphatic heterocycles. The van der Waals surface area contributed by atoms with Crippen LogP contribution in [0, 0.1) is 13.8 Å². The van der Waals surface area contributed by atoms with Crippen molar-refractivity contribution in [2.75, 3.05) is 33.2 Å². The van der Waals surface area contributed by atoms with E-state index >= 15 is 0 Å². The molecule has 0 aromatic carbocycles. The van der Waals surface area contributed by atoms with Gasteiger partial charge in [0, 0.05) is 51.0 Å². The van der Waals surface area contributed by atoms with Gasteiger partial charge in [0.05, 0.1) is 5.69 Å². The Morgan fingerprint density at radius 1 is 1.33 bits per heavy atom. The third-order valence-electron chi connectivity index (χ3n) is 5.09. The van der Waals surface area contributed by atoms with E-state index in [-0.39, 0.29) is 24.0 Å². The smallest absolute Gasteiger partial charge is 0.193 e. The molecule has 1 unspecified atom stereocenters. The van der Waals surface area contributed by atoms with Crippen molar-refractivity contribution in [3.63, 3.8) is 0 Å². The molecule has 1 aromatic heterocycles. The van der Waals surface area contributed by atoms with Crippen LogP contribution < -0.4 is 5.32 Å². The second-order valence-electron chi connectivity index (χ2n) is 6.28. The average molecular weight is 448 g/mol. The van der Waals surface area contributed by atoms with Gasteiger partial charge in [-0.15, -0.1) is 24.0 Å². The van der Waals surface area contributed by atoms with Crippen molar-refractivity contribution in [1.29, 1.82) is 0 Å². The van der Waals surface area contributed by atoms with Gasteiger partial charge in [0.15, 0.2) is 5.96 Å². The number of rotatable bonds is 5. The van der Waals surface area contributed by atoms with E-state index in [0.29, 0.717) is 6.04 Å². The Morgan fingerprint density at radius 2 is 2.00 bits per heavy atom. The maximum absolute atomic E-state index is 4.49. The fourth-order valence-corrected chi connectivity index (χ4v) is 3.55. The quantitative estimate of drug-likeness (QED) is 0.426. The molecule has 0 amide bonds. The maximum Gasteiger partial charge on any atom is 0.193 e. The van der Waals surface area contributed by atoms with Crippen molar-refractivity contribution in [3.8, 4) is 0 Å². The summed E-state index contributed by atoms with van der Waals surface area (Å²) in [5, 5.41) is 8.01. The minimum atomic E-state index is 0. The SMILES string of the molecule is CCN(CC)C1CCN(C(=NC)NCc2c(C)nn(C)c2C)C1.I. The summed E-state index contributed by atoms with van der Waals surface area (Å²) < 4.78 is 1.95. The van der Waals surface area contributed by atoms with Gasteiger partial charge in [-0.1, -0.05) is 13.8 Å². The average Bonchev–Trinajstić information content (AvgIpc) is 3.10. The highest BCUT2D eigenvalue weighted by molar-refractivity contribution is 14.0. The van der Waals surface area contributed by atoms with Crippen LogP contribution in [0.4, 0.5) is 0 Å². The summed E-state index contributed by atoms with van der Waals surface area (Å²) in [5.41, 5.74) is 3.58. The van der Waals surface area contributed by atoms with E-state index < -0.39 is 0 Å². The van der Waals surface area contributed by atoms with Gasteiger partial charge in [-0.25, -0.2) is 0 Å². The molecular weight excluding hydrogens is 415 g/mol. The second-order valence-corrected chi connectivity index (χ2v) is 6.28. The van der Waals surface area contributed by atoms with E-state index in [9.17, 15) is 0 Å². The van der Waals surface area contributed by atoms with Crippen LogP contribution in [0.1, 0.15) is 37.2 Å². The predicted octanol–water partition coefficient (Wildman–Crippen LogP) is 2.15. The first-order valence-corrected chi connectivity index (χ1v) is 8.70. The zero-order valence-electron chi connectivity index (χ0n) is 16.0. The van der Waals surface area contributed by atoms with E-state index in [4.69, 9.17) is 0 Å². The van der Waals surface area contributed by atoms with Gasteiger partial charge in [0.1, 0.15) is 0 Å². The number of aliphatic imine (C=N–C) groups is 1. The first-order chi connectivity index (χ1) is 11.0. The van der Waals surface area contributed by atoms with E-state index in [1.807, 2.05) is 18.8 Å². The van der Waals surface area contributed by atoms with Crippen LogP contribution in [0.5, 0.6) is 0 Å². The zero-order valence-corrected chi connectivity index (χ0v) is 18.3. The Hall–Kier alpha value is -0.830. The normalized spacial score (nSPS) is 18.2. The lowest BCUT2D eigenvalue weighted by Crippen LogP contribution is -2.43. The number of likely N-dealkylation sites (N-methyl/N-ethyl adjacent to an activating group) is 1. The number of hydrogen-bond donors (Lipinski definition) is 1. The monoisotopic (exact) mass is 448 g/mol. The third kappa shape index (κ3) is 4.62. The van der Waals surface area contributed by atoms with E-state index in [1.54, 1.807) is 0 Å². The molecule has 1 aliphatic rings. The van der Waals surface area contributed by atoms with Crippen LogP contribution in [0.3, 0.4) is 0 Å². The van der Waals surface area contributed by atoms with Gasteiger partial charge in [-0.05, 0) is 33.4 Å². The molecule has 1 aromatic rings. The van der Waals surface area contributed by atoms with Crippen LogP contribution in [0.25, 0.3) is 0 Å². The fraction of sp³-hybridized carbons (Fsp3) is 0.765. The summed E-state index contributed by atoms with van der Waals surface area (Å²) in [6, 6.07) is 0.644. The summed E-state index contributed by atoms with van der Waals surface area (Å²) >= 11 is 0. The lowest BCUT2D eigenvalue weighted by molar-refractivity contribution is 0.223. The first-order valence-electron chi connectivity index (χ1n) is 8.70. The van der Waals surface area contributed by atoms with Crippen molar-refractivity contribution < 1.29 is 0 Å². The molecule has 24 heavy (non-hydrogen) atoms. The highest BCUT2D eigenvalue weighted by atomic mass is 127. The molecule has 138 valence electrons. The molecule has 0 aliphatic carbocycles. The first kappa shape index (κ1) is 21.2. The van der Waals surface area contributed by atoms with Gasteiger partial charge in [0.25, 0.3) is 0 Å². The second kappa shape index (κ2) is 9.60. The number of likely N-dealkylation sites (tertiary alicyclic amines) is 1. The molecule has 1 atom stereocenters. The molecule has 1 saturated heterocycles. The Balaban J connectivity index is 0.00000288. The summed E-state index contributed by atoms with van der Waals surface area (Å²) in [6.45, 7) is 13.8. The van der Waals surface area contributed by atoms with Crippen molar-refractivity contribution in [1.82, 2.24) is 24.9 Å². The molecule has 1 N–H and O–H groups in total. The van der Waals surface area contributed by atoms with Crippen molar-refractivity contribution in [2.45, 2.75) is 46.7 Å². The van der Waals surface area contributed by atoms with E-state index in [1.165, 1.54) is 17.7 Å². The number of aryl methyl sites for hydroxylation is 2. The van der Waals surface area contributed by atoms with Gasteiger partial charge < -0.3 is 10.2 Å². The third-order valence-corrected chi connectivity index (χ3v) is 5.09. The molecule has 2 heterocycles. The zero-order chi connectivity index (χ0) is 17.0. The topological polar surface area (TPSA) is 48.7 Å². The maximum atomic E-state index is 4.49. The molecule has 1 fully saturated rings. The van der Waals surface area contributed by atoms with E-state index in [2.05, 4.69) is 52.9 Å². The molecule has 0 radical (unpaired) electrons. The minimum absolute atomic E-state index is 0. The number of aromatic nitrogens is 2. The van der Waals surface area contributed by atoms with Crippen LogP contribution >= 0.6 is 24.0 Å². The molecule has 6 nitrogen and oxygen atoms in total. The van der Waals surface area contributed by atoms with Gasteiger partial charge in [-0.3, -0.25) is 14.6 Å². The number of nitrogens with zero attached hydrogens (tertiary/aromatic N) is 5. The van der Waals surface area contributed by atoms with Gasteiger partial charge in [0.2, 0.25) is 0 Å². The van der Waals surface area contributed by atoms with Crippen LogP contribution in [-0.2, 0) is 13.6 Å². The lowest BCUT2D eigenvalue weighted by Gasteiger charge is -2.27. The molecule has 7 heteroatoms. The number of halogens is 1. The largest absolute Gasteiger partial charge is 0.352 e. The summed E-state index contributed by atoms with van der Waals surface area (Å²) in [6.07, 6.45) is 1.22. The Bertz CT molecular complexity index is 550. The summed E-state index contributed by atoms with van der Waals surface area (Å²) in [5.74, 6) is 1.00. The van der Waals surface area contributed by atoms with Gasteiger partial charge in [-0.2, -0.15) is 5.10 Å². The highest BCUT2D eigenvalue weighted by Gasteiger charge is 2.28. The molecule has 2 rings (SSSR count). The van der Waals surface area contributed by atoms with Crippen molar-refractivity contribution >= 4 is 29.9 Å². The van der Waals surface area contributed by atoms with Crippen LogP contribution in [0.2, 0.25) is 0 Å². The Kier molecular flexibility index (Phi) is 8.49. The molecule has 0 bridgehead atoms. The molecular formula is C17H33IN6. The molecule has 0 saturated carbocycles. The number of hydrogen-bond acceptors (Lipinski definition) is 3. The lowest BCUT2D eigenvalue weighted by atomic mass is 10.2. The predicted molar refractivity (Wildman–Crippen MR) is 111 cm³/mol. The summed E-state index contributed by atoms with van der Waals surface area (Å²) in [7, 11) is 3.87. The van der Waals surface area contributed by atoms with Crippen LogP contribution in [0.15, 0.2) is 4.99 Å². The summed E-state index contributed by atoms with van der Waals surface area (Å²) in [4.78, 5) is 9.41. The van der Waals surface area contributed by atoms with Crippen molar-refractivity contribution in [3.05, 3.63) is 17.0 Å². The molecule has 0 spiro atoms. The van der Waals surface area contributed by atoms with E-state index in [0.717, 1.165) is 44.4 Å². The Morgan fingerprint density at radius 3 is 2.50 bits per heavy atom.